The van der Waals surface area contributed by atoms with Gasteiger partial charge in [0.15, 0.2) is 0 Å². The Morgan fingerprint density at radius 2 is 2.17 bits per heavy atom. The number of ether oxygens (including phenoxy) is 2. The maximum atomic E-state index is 11.4. The molecule has 1 rings (SSSR count). The van der Waals surface area contributed by atoms with E-state index in [2.05, 4.69) is 10.3 Å². The molecule has 1 N–H and O–H groups in total. The number of anilines is 1. The van der Waals surface area contributed by atoms with Crippen molar-refractivity contribution in [3.8, 4) is 0 Å². The Hall–Kier alpha value is -1.62. The van der Waals surface area contributed by atoms with Crippen LogP contribution >= 0.6 is 0 Å². The summed E-state index contributed by atoms with van der Waals surface area (Å²) in [6.45, 7) is 7.46. The van der Waals surface area contributed by atoms with E-state index < -0.39 is 0 Å². The molecular formula is C13H20N2O3. The Morgan fingerprint density at radius 3 is 2.72 bits per heavy atom. The van der Waals surface area contributed by atoms with E-state index in [1.54, 1.807) is 19.1 Å². The predicted molar refractivity (Wildman–Crippen MR) is 69.8 cm³/mol. The van der Waals surface area contributed by atoms with Crippen LogP contribution in [0.4, 0.5) is 5.82 Å². The summed E-state index contributed by atoms with van der Waals surface area (Å²) in [6, 6.07) is 3.45. The Bertz CT molecular complexity index is 365. The number of esters is 1. The van der Waals surface area contributed by atoms with Gasteiger partial charge < -0.3 is 14.8 Å². The maximum absolute atomic E-state index is 11.4. The third-order valence-corrected chi connectivity index (χ3v) is 2.30. The first-order valence-electron chi connectivity index (χ1n) is 6.16. The fourth-order valence-corrected chi connectivity index (χ4v) is 1.43. The molecule has 1 heterocycles. The second-order valence-corrected chi connectivity index (χ2v) is 3.80. The van der Waals surface area contributed by atoms with Gasteiger partial charge in [-0.3, -0.25) is 0 Å². The summed E-state index contributed by atoms with van der Waals surface area (Å²) in [7, 11) is 0. The van der Waals surface area contributed by atoms with Gasteiger partial charge in [-0.15, -0.1) is 0 Å². The van der Waals surface area contributed by atoms with Gasteiger partial charge in [-0.2, -0.15) is 0 Å². The number of nitrogens with one attached hydrogen (secondary N) is 1. The molecule has 100 valence electrons. The van der Waals surface area contributed by atoms with Crippen LogP contribution < -0.4 is 5.32 Å². The number of carbonyl (C=O) groups excluding carboxylic acids is 1. The lowest BCUT2D eigenvalue weighted by Crippen LogP contribution is -2.20. The minimum absolute atomic E-state index is 0.126. The molecule has 0 aromatic carbocycles. The van der Waals surface area contributed by atoms with Crippen LogP contribution in [0, 0.1) is 0 Å². The van der Waals surface area contributed by atoms with Crippen molar-refractivity contribution in [1.82, 2.24) is 4.98 Å². The van der Waals surface area contributed by atoms with E-state index in [1.165, 1.54) is 6.20 Å². The van der Waals surface area contributed by atoms with Crippen molar-refractivity contribution < 1.29 is 14.3 Å². The zero-order valence-corrected chi connectivity index (χ0v) is 11.1. The van der Waals surface area contributed by atoms with Crippen molar-refractivity contribution in [2.24, 2.45) is 0 Å². The molecule has 5 nitrogen and oxygen atoms in total. The summed E-state index contributed by atoms with van der Waals surface area (Å²) in [5.74, 6) is 0.369. The minimum atomic E-state index is -0.348. The molecule has 18 heavy (non-hydrogen) atoms. The van der Waals surface area contributed by atoms with E-state index in [-0.39, 0.29) is 12.1 Å². The lowest BCUT2D eigenvalue weighted by atomic mass is 10.3. The topological polar surface area (TPSA) is 60.5 Å². The summed E-state index contributed by atoms with van der Waals surface area (Å²) < 4.78 is 10.3. The molecule has 0 amide bonds. The van der Waals surface area contributed by atoms with Crippen LogP contribution in [-0.4, -0.2) is 36.8 Å². The van der Waals surface area contributed by atoms with Crippen LogP contribution in [0.2, 0.25) is 0 Å². The summed E-state index contributed by atoms with van der Waals surface area (Å²) >= 11 is 0. The molecule has 0 aliphatic heterocycles. The van der Waals surface area contributed by atoms with Gasteiger partial charge in [0.25, 0.3) is 0 Å². The Kier molecular flexibility index (Phi) is 6.14. The average Bonchev–Trinajstić information content (AvgIpc) is 2.37. The van der Waals surface area contributed by atoms with Crippen LogP contribution in [0.15, 0.2) is 18.3 Å². The number of pyridine rings is 1. The number of hydrogen-bond donors (Lipinski definition) is 1. The average molecular weight is 252 g/mol. The second-order valence-electron chi connectivity index (χ2n) is 3.80. The molecule has 0 saturated heterocycles. The molecule has 0 saturated carbocycles. The van der Waals surface area contributed by atoms with Gasteiger partial charge in [-0.1, -0.05) is 0 Å². The highest BCUT2D eigenvalue weighted by Crippen LogP contribution is 2.07. The molecule has 1 atom stereocenters. The van der Waals surface area contributed by atoms with Crippen LogP contribution in [0.1, 0.15) is 31.1 Å². The van der Waals surface area contributed by atoms with Crippen LogP contribution in [0.25, 0.3) is 0 Å². The van der Waals surface area contributed by atoms with E-state index in [1.807, 2.05) is 13.8 Å². The van der Waals surface area contributed by atoms with Crippen molar-refractivity contribution in [1.29, 1.82) is 0 Å². The third-order valence-electron chi connectivity index (χ3n) is 2.30. The largest absolute Gasteiger partial charge is 0.462 e. The van der Waals surface area contributed by atoms with E-state index in [4.69, 9.17) is 9.47 Å². The molecule has 0 spiro atoms. The van der Waals surface area contributed by atoms with Crippen molar-refractivity contribution in [3.05, 3.63) is 23.9 Å². The zero-order valence-electron chi connectivity index (χ0n) is 11.1. The molecule has 0 bridgehead atoms. The quantitative estimate of drug-likeness (QED) is 0.753. The molecule has 0 radical (unpaired) electrons. The highest BCUT2D eigenvalue weighted by Gasteiger charge is 2.07. The lowest BCUT2D eigenvalue weighted by molar-refractivity contribution is 0.0526. The van der Waals surface area contributed by atoms with E-state index in [9.17, 15) is 4.79 Å². The smallest absolute Gasteiger partial charge is 0.339 e. The maximum Gasteiger partial charge on any atom is 0.339 e. The van der Waals surface area contributed by atoms with Gasteiger partial charge in [0.2, 0.25) is 0 Å². The number of nitrogens with zero attached hydrogens (tertiary/aromatic N) is 1. The summed E-state index contributed by atoms with van der Waals surface area (Å²) in [5, 5.41) is 3.14. The van der Waals surface area contributed by atoms with E-state index >= 15 is 0 Å². The van der Waals surface area contributed by atoms with Crippen LogP contribution in [0.5, 0.6) is 0 Å². The number of carbonyl (C=O) groups is 1. The Labute approximate surface area is 108 Å². The van der Waals surface area contributed by atoms with Crippen LogP contribution in [0.3, 0.4) is 0 Å². The van der Waals surface area contributed by atoms with Crippen molar-refractivity contribution >= 4 is 11.8 Å². The standard InChI is InChI=1S/C13H20N2O3/c1-4-17-10(3)8-14-12-7-6-11(9-15-12)13(16)18-5-2/h6-7,9-10H,4-5,8H2,1-3H3,(H,14,15). The fraction of sp³-hybridized carbons (Fsp3) is 0.538. The van der Waals surface area contributed by atoms with E-state index in [0.717, 1.165) is 5.82 Å². The van der Waals surface area contributed by atoms with Crippen molar-refractivity contribution in [3.63, 3.8) is 0 Å². The molecule has 1 aromatic heterocycles. The molecule has 5 heteroatoms. The molecular weight excluding hydrogens is 232 g/mol. The van der Waals surface area contributed by atoms with Gasteiger partial charge in [0, 0.05) is 19.3 Å². The molecule has 0 aliphatic rings. The third kappa shape index (κ3) is 4.71. The normalized spacial score (nSPS) is 11.9. The summed E-state index contributed by atoms with van der Waals surface area (Å²) in [5.41, 5.74) is 0.459. The highest BCUT2D eigenvalue weighted by atomic mass is 16.5. The van der Waals surface area contributed by atoms with Gasteiger partial charge >= 0.3 is 5.97 Å². The van der Waals surface area contributed by atoms with Crippen LogP contribution in [-0.2, 0) is 9.47 Å². The molecule has 1 aromatic rings. The van der Waals surface area contributed by atoms with Crippen molar-refractivity contribution in [2.45, 2.75) is 26.9 Å². The minimum Gasteiger partial charge on any atom is -0.462 e. The van der Waals surface area contributed by atoms with Gasteiger partial charge in [-0.05, 0) is 32.9 Å². The van der Waals surface area contributed by atoms with Crippen molar-refractivity contribution in [2.75, 3.05) is 25.1 Å². The number of aromatic nitrogens is 1. The first-order chi connectivity index (χ1) is 8.67. The Balaban J connectivity index is 2.47. The SMILES string of the molecule is CCOC(=O)c1ccc(NCC(C)OCC)nc1. The molecule has 1 unspecified atom stereocenters. The van der Waals surface area contributed by atoms with Gasteiger partial charge in [0.05, 0.1) is 18.3 Å². The monoisotopic (exact) mass is 252 g/mol. The zero-order chi connectivity index (χ0) is 13.4. The lowest BCUT2D eigenvalue weighted by Gasteiger charge is -2.12. The number of hydrogen-bond acceptors (Lipinski definition) is 5. The first-order valence-corrected chi connectivity index (χ1v) is 6.16. The first kappa shape index (κ1) is 14.4. The van der Waals surface area contributed by atoms with Gasteiger partial charge in [0.1, 0.15) is 5.82 Å². The summed E-state index contributed by atoms with van der Waals surface area (Å²) in [4.78, 5) is 15.6. The van der Waals surface area contributed by atoms with Gasteiger partial charge in [-0.25, -0.2) is 9.78 Å². The fourth-order valence-electron chi connectivity index (χ4n) is 1.43. The molecule has 0 aliphatic carbocycles. The second kappa shape index (κ2) is 7.66. The number of rotatable bonds is 7. The summed E-state index contributed by atoms with van der Waals surface area (Å²) in [6.07, 6.45) is 1.63. The Morgan fingerprint density at radius 1 is 1.39 bits per heavy atom. The van der Waals surface area contributed by atoms with E-state index in [0.29, 0.717) is 25.3 Å². The predicted octanol–water partition coefficient (Wildman–Crippen LogP) is 2.10. The highest BCUT2D eigenvalue weighted by molar-refractivity contribution is 5.89. The molecule has 0 fully saturated rings.